The summed E-state index contributed by atoms with van der Waals surface area (Å²) in [7, 11) is 0. The van der Waals surface area contributed by atoms with E-state index < -0.39 is 0 Å². The van der Waals surface area contributed by atoms with Crippen LogP contribution in [0, 0.1) is 0 Å². The van der Waals surface area contributed by atoms with Crippen molar-refractivity contribution < 1.29 is 4.79 Å². The topological polar surface area (TPSA) is 67.2 Å². The summed E-state index contributed by atoms with van der Waals surface area (Å²) in [6.45, 7) is 2.70. The quantitative estimate of drug-likeness (QED) is 0.694. The summed E-state index contributed by atoms with van der Waals surface area (Å²) in [5, 5.41) is 5.80. The highest BCUT2D eigenvalue weighted by Crippen LogP contribution is 2.09. The van der Waals surface area contributed by atoms with Gasteiger partial charge in [0.15, 0.2) is 5.11 Å². The second-order valence-corrected chi connectivity index (χ2v) is 3.76. The molecular formula is C11H15N3OS. The van der Waals surface area contributed by atoms with Crippen LogP contribution in [0.5, 0.6) is 0 Å². The fourth-order valence-electron chi connectivity index (χ4n) is 1.19. The van der Waals surface area contributed by atoms with Gasteiger partial charge in [0.1, 0.15) is 0 Å². The van der Waals surface area contributed by atoms with E-state index in [9.17, 15) is 4.79 Å². The second kappa shape index (κ2) is 6.07. The fraction of sp³-hybridized carbons (Fsp3) is 0.273. The van der Waals surface area contributed by atoms with Crippen LogP contribution in [0.25, 0.3) is 0 Å². The van der Waals surface area contributed by atoms with Crippen LogP contribution < -0.4 is 16.4 Å². The molecule has 16 heavy (non-hydrogen) atoms. The summed E-state index contributed by atoms with van der Waals surface area (Å²) in [6.07, 6.45) is 0.923. The normalized spacial score (nSPS) is 9.56. The van der Waals surface area contributed by atoms with Crippen LogP contribution in [-0.4, -0.2) is 17.6 Å². The van der Waals surface area contributed by atoms with Crippen molar-refractivity contribution in [2.75, 3.05) is 11.9 Å². The van der Waals surface area contributed by atoms with Crippen LogP contribution >= 0.6 is 12.2 Å². The van der Waals surface area contributed by atoms with Gasteiger partial charge in [0.2, 0.25) is 0 Å². The van der Waals surface area contributed by atoms with Gasteiger partial charge < -0.3 is 16.4 Å². The molecule has 0 saturated carbocycles. The first-order chi connectivity index (χ1) is 7.63. The van der Waals surface area contributed by atoms with E-state index in [1.54, 1.807) is 24.3 Å². The first-order valence-electron chi connectivity index (χ1n) is 5.08. The summed E-state index contributed by atoms with van der Waals surface area (Å²) in [6, 6.07) is 6.98. The lowest BCUT2D eigenvalue weighted by Crippen LogP contribution is -2.24. The highest BCUT2D eigenvalue weighted by atomic mass is 32.1. The number of nitrogens with one attached hydrogen (secondary N) is 2. The number of hydrogen-bond donors (Lipinski definition) is 3. The van der Waals surface area contributed by atoms with Crippen LogP contribution in [0.15, 0.2) is 24.3 Å². The number of anilines is 1. The van der Waals surface area contributed by atoms with Crippen LogP contribution in [-0.2, 0) is 0 Å². The monoisotopic (exact) mass is 237 g/mol. The number of carbonyl (C=O) groups is 1. The van der Waals surface area contributed by atoms with Crippen molar-refractivity contribution in [2.45, 2.75) is 13.3 Å². The molecule has 0 radical (unpaired) electrons. The van der Waals surface area contributed by atoms with Gasteiger partial charge in [-0.05, 0) is 42.9 Å². The summed E-state index contributed by atoms with van der Waals surface area (Å²) < 4.78 is 0. The number of benzene rings is 1. The molecule has 0 spiro atoms. The number of amides is 1. The first-order valence-corrected chi connectivity index (χ1v) is 5.49. The number of carbonyl (C=O) groups excluding carboxylic acids is 1. The third-order valence-electron chi connectivity index (χ3n) is 1.95. The molecule has 86 valence electrons. The molecule has 0 unspecified atom stereocenters. The molecule has 5 heteroatoms. The number of rotatable bonds is 4. The molecule has 0 aliphatic rings. The van der Waals surface area contributed by atoms with E-state index in [0.29, 0.717) is 12.1 Å². The zero-order valence-corrected chi connectivity index (χ0v) is 9.93. The van der Waals surface area contributed by atoms with Crippen molar-refractivity contribution in [3.05, 3.63) is 29.8 Å². The molecule has 1 aromatic rings. The molecule has 1 aromatic carbocycles. The van der Waals surface area contributed by atoms with Crippen molar-refractivity contribution in [1.29, 1.82) is 0 Å². The van der Waals surface area contributed by atoms with E-state index in [-0.39, 0.29) is 11.0 Å². The Morgan fingerprint density at radius 2 is 2.00 bits per heavy atom. The van der Waals surface area contributed by atoms with E-state index in [1.807, 2.05) is 6.92 Å². The average molecular weight is 237 g/mol. The Morgan fingerprint density at radius 3 is 2.50 bits per heavy atom. The van der Waals surface area contributed by atoms with Crippen molar-refractivity contribution in [1.82, 2.24) is 5.32 Å². The average Bonchev–Trinajstić information content (AvgIpc) is 2.26. The molecule has 4 N–H and O–H groups in total. The number of nitrogens with two attached hydrogens (primary N) is 1. The molecule has 1 amide bonds. The van der Waals surface area contributed by atoms with Crippen LogP contribution in [0.3, 0.4) is 0 Å². The first kappa shape index (κ1) is 12.4. The Bertz CT molecular complexity index is 375. The summed E-state index contributed by atoms with van der Waals surface area (Å²) in [5.74, 6) is -0.0660. The lowest BCUT2D eigenvalue weighted by molar-refractivity contribution is 0.0953. The molecule has 1 rings (SSSR count). The van der Waals surface area contributed by atoms with Gasteiger partial charge in [-0.1, -0.05) is 6.92 Å². The largest absolute Gasteiger partial charge is 0.376 e. The van der Waals surface area contributed by atoms with Crippen LogP contribution in [0.1, 0.15) is 23.7 Å². The fourth-order valence-corrected chi connectivity index (χ4v) is 1.31. The van der Waals surface area contributed by atoms with Crippen molar-refractivity contribution >= 4 is 28.9 Å². The van der Waals surface area contributed by atoms with Crippen molar-refractivity contribution in [2.24, 2.45) is 5.73 Å². The number of thiocarbonyl (C=S) groups is 1. The second-order valence-electron chi connectivity index (χ2n) is 3.32. The Balaban J connectivity index is 2.63. The molecule has 0 atom stereocenters. The minimum absolute atomic E-state index is 0.0660. The standard InChI is InChI=1S/C11H15N3OS/c1-2-7-13-10(15)8-3-5-9(6-4-8)14-11(12)16/h3-6H,2,7H2,1H3,(H,13,15)(H3,12,14,16). The van der Waals surface area contributed by atoms with Crippen molar-refractivity contribution in [3.8, 4) is 0 Å². The predicted molar refractivity (Wildman–Crippen MR) is 69.5 cm³/mol. The molecule has 0 aliphatic carbocycles. The molecule has 4 nitrogen and oxygen atoms in total. The minimum atomic E-state index is -0.0660. The highest BCUT2D eigenvalue weighted by molar-refractivity contribution is 7.80. The molecule has 0 heterocycles. The maximum Gasteiger partial charge on any atom is 0.251 e. The number of hydrogen-bond acceptors (Lipinski definition) is 2. The third-order valence-corrected chi connectivity index (χ3v) is 2.05. The lowest BCUT2D eigenvalue weighted by atomic mass is 10.2. The maximum atomic E-state index is 11.6. The summed E-state index contributed by atoms with van der Waals surface area (Å²) in [5.41, 5.74) is 6.73. The molecule has 0 aliphatic heterocycles. The smallest absolute Gasteiger partial charge is 0.251 e. The van der Waals surface area contributed by atoms with Gasteiger partial charge in [0.05, 0.1) is 0 Å². The summed E-state index contributed by atoms with van der Waals surface area (Å²) in [4.78, 5) is 11.6. The van der Waals surface area contributed by atoms with E-state index in [2.05, 4.69) is 10.6 Å². The van der Waals surface area contributed by atoms with Gasteiger partial charge in [0, 0.05) is 17.8 Å². The predicted octanol–water partition coefficient (Wildman–Crippen LogP) is 1.48. The SMILES string of the molecule is CCCNC(=O)c1ccc(NC(N)=S)cc1. The Labute approximate surface area is 100 Å². The van der Waals surface area contributed by atoms with E-state index in [4.69, 9.17) is 18.0 Å². The zero-order valence-electron chi connectivity index (χ0n) is 9.12. The maximum absolute atomic E-state index is 11.6. The van der Waals surface area contributed by atoms with E-state index in [0.717, 1.165) is 12.1 Å². The Morgan fingerprint density at radius 1 is 1.38 bits per heavy atom. The lowest BCUT2D eigenvalue weighted by Gasteiger charge is -2.06. The van der Waals surface area contributed by atoms with E-state index >= 15 is 0 Å². The molecule has 0 saturated heterocycles. The minimum Gasteiger partial charge on any atom is -0.376 e. The Kier molecular flexibility index (Phi) is 4.72. The zero-order chi connectivity index (χ0) is 12.0. The van der Waals surface area contributed by atoms with Crippen molar-refractivity contribution in [3.63, 3.8) is 0 Å². The molecule has 0 bridgehead atoms. The van der Waals surface area contributed by atoms with Crippen LogP contribution in [0.4, 0.5) is 5.69 Å². The molecule has 0 aromatic heterocycles. The van der Waals surface area contributed by atoms with Gasteiger partial charge in [-0.3, -0.25) is 4.79 Å². The Hall–Kier alpha value is -1.62. The van der Waals surface area contributed by atoms with Gasteiger partial charge in [-0.15, -0.1) is 0 Å². The molecular weight excluding hydrogens is 222 g/mol. The van der Waals surface area contributed by atoms with Gasteiger partial charge in [-0.2, -0.15) is 0 Å². The van der Waals surface area contributed by atoms with Crippen LogP contribution in [0.2, 0.25) is 0 Å². The highest BCUT2D eigenvalue weighted by Gasteiger charge is 2.03. The van der Waals surface area contributed by atoms with Gasteiger partial charge in [-0.25, -0.2) is 0 Å². The summed E-state index contributed by atoms with van der Waals surface area (Å²) >= 11 is 4.71. The molecule has 0 fully saturated rings. The third kappa shape index (κ3) is 3.86. The van der Waals surface area contributed by atoms with E-state index in [1.165, 1.54) is 0 Å². The van der Waals surface area contributed by atoms with Gasteiger partial charge in [0.25, 0.3) is 5.91 Å². The van der Waals surface area contributed by atoms with Gasteiger partial charge >= 0.3 is 0 Å².